The second kappa shape index (κ2) is 4.79. The third-order valence-corrected chi connectivity index (χ3v) is 3.16. The van der Waals surface area contributed by atoms with Gasteiger partial charge in [0.05, 0.1) is 6.07 Å². The van der Waals surface area contributed by atoms with E-state index in [2.05, 4.69) is 32.2 Å². The van der Waals surface area contributed by atoms with Crippen molar-refractivity contribution in [2.75, 3.05) is 6.54 Å². The fourth-order valence-electron chi connectivity index (χ4n) is 1.97. The van der Waals surface area contributed by atoms with Crippen LogP contribution in [0.5, 0.6) is 0 Å². The van der Waals surface area contributed by atoms with Gasteiger partial charge in [-0.25, -0.2) is 0 Å². The highest BCUT2D eigenvalue weighted by Gasteiger charge is 2.27. The molecule has 14 heavy (non-hydrogen) atoms. The van der Waals surface area contributed by atoms with E-state index in [1.165, 1.54) is 12.8 Å². The summed E-state index contributed by atoms with van der Waals surface area (Å²) in [6.07, 6.45) is 4.33. The molecule has 0 bridgehead atoms. The molecule has 0 aliphatic heterocycles. The Kier molecular flexibility index (Phi) is 3.95. The lowest BCUT2D eigenvalue weighted by Gasteiger charge is -2.36. The van der Waals surface area contributed by atoms with Crippen molar-refractivity contribution in [3.8, 4) is 6.07 Å². The molecule has 1 saturated carbocycles. The van der Waals surface area contributed by atoms with Gasteiger partial charge in [0.15, 0.2) is 0 Å². The fraction of sp³-hybridized carbons (Fsp3) is 0.917. The molecule has 80 valence electrons. The second-order valence-corrected chi connectivity index (χ2v) is 5.48. The lowest BCUT2D eigenvalue weighted by Crippen LogP contribution is -2.44. The van der Waals surface area contributed by atoms with Crippen LogP contribution in [0, 0.1) is 22.7 Å². The van der Waals surface area contributed by atoms with E-state index in [9.17, 15) is 0 Å². The monoisotopic (exact) mass is 194 g/mol. The van der Waals surface area contributed by atoms with E-state index in [1.54, 1.807) is 0 Å². The predicted octanol–water partition coefficient (Wildman–Crippen LogP) is 2.70. The average Bonchev–Trinajstić information content (AvgIpc) is 2.07. The minimum absolute atomic E-state index is 0.272. The molecule has 0 amide bonds. The molecule has 1 fully saturated rings. The van der Waals surface area contributed by atoms with Gasteiger partial charge in [0, 0.05) is 19.0 Å². The Hall–Kier alpha value is -0.550. The van der Waals surface area contributed by atoms with Crippen molar-refractivity contribution in [2.45, 2.75) is 52.5 Å². The first-order valence-corrected chi connectivity index (χ1v) is 5.64. The van der Waals surface area contributed by atoms with Crippen LogP contribution in [0.2, 0.25) is 0 Å². The largest absolute Gasteiger partial charge is 0.313 e. The maximum Gasteiger partial charge on any atom is 0.0621 e. The molecule has 0 aromatic carbocycles. The average molecular weight is 194 g/mol. The van der Waals surface area contributed by atoms with Crippen LogP contribution in [0.1, 0.15) is 46.5 Å². The molecule has 0 spiro atoms. The summed E-state index contributed by atoms with van der Waals surface area (Å²) < 4.78 is 0. The second-order valence-electron chi connectivity index (χ2n) is 5.48. The van der Waals surface area contributed by atoms with E-state index in [1.807, 2.05) is 0 Å². The van der Waals surface area contributed by atoms with E-state index >= 15 is 0 Å². The maximum atomic E-state index is 8.53. The first kappa shape index (κ1) is 11.5. The van der Waals surface area contributed by atoms with Gasteiger partial charge in [-0.05, 0) is 30.6 Å². The van der Waals surface area contributed by atoms with Gasteiger partial charge < -0.3 is 5.32 Å². The van der Waals surface area contributed by atoms with Crippen LogP contribution >= 0.6 is 0 Å². The van der Waals surface area contributed by atoms with E-state index in [4.69, 9.17) is 5.26 Å². The Morgan fingerprint density at radius 3 is 2.57 bits per heavy atom. The maximum absolute atomic E-state index is 8.53. The van der Waals surface area contributed by atoms with E-state index in [-0.39, 0.29) is 5.41 Å². The Bertz CT molecular complexity index is 209. The minimum atomic E-state index is 0.272. The zero-order chi connectivity index (χ0) is 10.6. The Morgan fingerprint density at radius 2 is 2.07 bits per heavy atom. The first-order chi connectivity index (χ1) is 6.53. The minimum Gasteiger partial charge on any atom is -0.313 e. The zero-order valence-corrected chi connectivity index (χ0v) is 9.64. The molecule has 0 heterocycles. The standard InChI is InChI=1S/C12H22N2/c1-10-7-11(8-10)14-9-12(2,3)5-4-6-13/h10-11,14H,4-5,7-9H2,1-3H3. The SMILES string of the molecule is CC1CC(NCC(C)(C)CCC#N)C1. The van der Waals surface area contributed by atoms with Crippen LogP contribution in [0.15, 0.2) is 0 Å². The van der Waals surface area contributed by atoms with Gasteiger partial charge >= 0.3 is 0 Å². The molecule has 1 aliphatic rings. The van der Waals surface area contributed by atoms with Crippen LogP contribution < -0.4 is 5.32 Å². The number of hydrogen-bond donors (Lipinski definition) is 1. The van der Waals surface area contributed by atoms with Crippen molar-refractivity contribution >= 4 is 0 Å². The van der Waals surface area contributed by atoms with E-state index < -0.39 is 0 Å². The quantitative estimate of drug-likeness (QED) is 0.730. The lowest BCUT2D eigenvalue weighted by atomic mass is 9.80. The molecule has 0 radical (unpaired) electrons. The summed E-state index contributed by atoms with van der Waals surface area (Å²) in [5, 5.41) is 12.1. The number of rotatable bonds is 5. The molecule has 1 N–H and O–H groups in total. The molecule has 0 atom stereocenters. The predicted molar refractivity (Wildman–Crippen MR) is 58.8 cm³/mol. The Balaban J connectivity index is 2.13. The summed E-state index contributed by atoms with van der Waals surface area (Å²) in [7, 11) is 0. The molecule has 1 rings (SSSR count). The van der Waals surface area contributed by atoms with Gasteiger partial charge in [-0.3, -0.25) is 0 Å². The van der Waals surface area contributed by atoms with Gasteiger partial charge in [-0.15, -0.1) is 0 Å². The van der Waals surface area contributed by atoms with Crippen molar-refractivity contribution in [2.24, 2.45) is 11.3 Å². The van der Waals surface area contributed by atoms with Gasteiger partial charge in [0.2, 0.25) is 0 Å². The van der Waals surface area contributed by atoms with Crippen molar-refractivity contribution in [3.63, 3.8) is 0 Å². The highest BCUT2D eigenvalue weighted by atomic mass is 14.9. The summed E-state index contributed by atoms with van der Waals surface area (Å²) in [6.45, 7) is 7.82. The van der Waals surface area contributed by atoms with Crippen LogP contribution in [-0.4, -0.2) is 12.6 Å². The molecular formula is C12H22N2. The third kappa shape index (κ3) is 3.67. The summed E-state index contributed by atoms with van der Waals surface area (Å²) in [4.78, 5) is 0. The Labute approximate surface area is 87.7 Å². The van der Waals surface area contributed by atoms with Crippen molar-refractivity contribution in [1.82, 2.24) is 5.32 Å². The molecular weight excluding hydrogens is 172 g/mol. The summed E-state index contributed by atoms with van der Waals surface area (Å²) in [5.41, 5.74) is 0.272. The molecule has 2 heteroatoms. The normalized spacial score (nSPS) is 26.7. The molecule has 1 aliphatic carbocycles. The fourth-order valence-corrected chi connectivity index (χ4v) is 1.97. The highest BCUT2D eigenvalue weighted by Crippen LogP contribution is 2.28. The van der Waals surface area contributed by atoms with Crippen molar-refractivity contribution < 1.29 is 0 Å². The Morgan fingerprint density at radius 1 is 1.43 bits per heavy atom. The van der Waals surface area contributed by atoms with Crippen molar-refractivity contribution in [3.05, 3.63) is 0 Å². The van der Waals surface area contributed by atoms with E-state index in [0.717, 1.165) is 24.9 Å². The molecule has 0 unspecified atom stereocenters. The lowest BCUT2D eigenvalue weighted by molar-refractivity contribution is 0.206. The number of nitriles is 1. The molecule has 2 nitrogen and oxygen atoms in total. The van der Waals surface area contributed by atoms with Crippen LogP contribution in [0.3, 0.4) is 0 Å². The van der Waals surface area contributed by atoms with Gasteiger partial charge in [0.25, 0.3) is 0 Å². The number of nitrogens with zero attached hydrogens (tertiary/aromatic N) is 1. The first-order valence-electron chi connectivity index (χ1n) is 5.64. The molecule has 0 aromatic heterocycles. The van der Waals surface area contributed by atoms with Crippen molar-refractivity contribution in [1.29, 1.82) is 5.26 Å². The topological polar surface area (TPSA) is 35.8 Å². The molecule has 0 saturated heterocycles. The zero-order valence-electron chi connectivity index (χ0n) is 9.64. The summed E-state index contributed by atoms with van der Waals surface area (Å²) in [5.74, 6) is 0.912. The van der Waals surface area contributed by atoms with Gasteiger partial charge in [-0.1, -0.05) is 20.8 Å². The van der Waals surface area contributed by atoms with Gasteiger partial charge in [0.1, 0.15) is 0 Å². The number of nitrogens with one attached hydrogen (secondary N) is 1. The van der Waals surface area contributed by atoms with Crippen LogP contribution in [0.4, 0.5) is 0 Å². The smallest absolute Gasteiger partial charge is 0.0621 e. The van der Waals surface area contributed by atoms with Crippen LogP contribution in [-0.2, 0) is 0 Å². The van der Waals surface area contributed by atoms with E-state index in [0.29, 0.717) is 6.42 Å². The third-order valence-electron chi connectivity index (χ3n) is 3.16. The van der Waals surface area contributed by atoms with Crippen LogP contribution in [0.25, 0.3) is 0 Å². The highest BCUT2D eigenvalue weighted by molar-refractivity contribution is 4.85. The number of hydrogen-bond acceptors (Lipinski definition) is 2. The molecule has 0 aromatic rings. The van der Waals surface area contributed by atoms with Gasteiger partial charge in [-0.2, -0.15) is 5.26 Å². The summed E-state index contributed by atoms with van der Waals surface area (Å²) in [6, 6.07) is 2.96. The summed E-state index contributed by atoms with van der Waals surface area (Å²) >= 11 is 0.